The first-order chi connectivity index (χ1) is 26.7. The zero-order valence-corrected chi connectivity index (χ0v) is 34.7. The molecule has 9 atom stereocenters. The average Bonchev–Trinajstić information content (AvgIpc) is 3.18. The summed E-state index contributed by atoms with van der Waals surface area (Å²) >= 11 is 0. The van der Waals surface area contributed by atoms with Crippen molar-refractivity contribution in [1.82, 2.24) is 5.32 Å². The van der Waals surface area contributed by atoms with Gasteiger partial charge in [-0.2, -0.15) is 0 Å². The van der Waals surface area contributed by atoms with Crippen molar-refractivity contribution in [3.8, 4) is 0 Å². The van der Waals surface area contributed by atoms with Crippen molar-refractivity contribution in [3.05, 3.63) is 24.3 Å². The summed E-state index contributed by atoms with van der Waals surface area (Å²) < 4.78 is 11.0. The van der Waals surface area contributed by atoms with Crippen LogP contribution in [0.1, 0.15) is 181 Å². The number of hydrogen-bond donors (Lipinski definition) is 8. The summed E-state index contributed by atoms with van der Waals surface area (Å²) in [6, 6.07) is -1.18. The summed E-state index contributed by atoms with van der Waals surface area (Å²) in [6.07, 6.45) is 25.4. The second-order valence-corrected chi connectivity index (χ2v) is 15.7. The smallest absolute Gasteiger partial charge is 0.249 e. The van der Waals surface area contributed by atoms with Gasteiger partial charge in [0.05, 0.1) is 25.4 Å². The van der Waals surface area contributed by atoms with Crippen molar-refractivity contribution < 1.29 is 50.0 Å². The lowest BCUT2D eigenvalue weighted by Gasteiger charge is -2.40. The van der Waals surface area contributed by atoms with E-state index in [0.717, 1.165) is 38.5 Å². The molecule has 1 rings (SSSR count). The highest BCUT2D eigenvalue weighted by atomic mass is 16.7. The van der Waals surface area contributed by atoms with Crippen molar-refractivity contribution in [1.29, 1.82) is 0 Å². The number of amides is 1. The van der Waals surface area contributed by atoms with Gasteiger partial charge in [-0.15, -0.1) is 0 Å². The molecule has 1 aliphatic rings. The maximum atomic E-state index is 13.0. The predicted octanol–water partition coefficient (Wildman–Crippen LogP) is 6.67. The molecule has 1 aliphatic heterocycles. The van der Waals surface area contributed by atoms with Crippen LogP contribution >= 0.6 is 0 Å². The topological polar surface area (TPSA) is 189 Å². The fourth-order valence-electron chi connectivity index (χ4n) is 7.05. The first-order valence-corrected chi connectivity index (χ1v) is 22.2. The molecule has 324 valence electrons. The van der Waals surface area contributed by atoms with E-state index < -0.39 is 74.2 Å². The van der Waals surface area contributed by atoms with E-state index in [1.54, 1.807) is 0 Å². The zero-order valence-electron chi connectivity index (χ0n) is 34.7. The van der Waals surface area contributed by atoms with Gasteiger partial charge in [0.2, 0.25) is 5.91 Å². The predicted molar refractivity (Wildman–Crippen MR) is 219 cm³/mol. The van der Waals surface area contributed by atoms with E-state index in [-0.39, 0.29) is 12.8 Å². The van der Waals surface area contributed by atoms with Crippen LogP contribution in [0.5, 0.6) is 0 Å². The molecule has 0 spiro atoms. The minimum Gasteiger partial charge on any atom is -0.394 e. The molecule has 1 saturated heterocycles. The van der Waals surface area contributed by atoms with Crippen LogP contribution in [0.15, 0.2) is 24.3 Å². The number of carbonyl (C=O) groups excluding carboxylic acids is 1. The molecule has 0 aromatic heterocycles. The van der Waals surface area contributed by atoms with Crippen LogP contribution in [0.25, 0.3) is 0 Å². The van der Waals surface area contributed by atoms with Crippen LogP contribution in [0, 0.1) is 0 Å². The maximum absolute atomic E-state index is 13.0. The molecular weight excluding hydrogens is 702 g/mol. The number of unbranched alkanes of at least 4 members (excludes halogenated alkanes) is 20. The molecular formula is C44H83NO10. The number of nitrogens with one attached hydrogen (secondary N) is 1. The molecule has 1 fully saturated rings. The van der Waals surface area contributed by atoms with E-state index >= 15 is 0 Å². The van der Waals surface area contributed by atoms with Gasteiger partial charge in [0.15, 0.2) is 6.29 Å². The molecule has 1 heterocycles. The second-order valence-electron chi connectivity index (χ2n) is 15.7. The molecule has 0 radical (unpaired) electrons. The number of rotatable bonds is 36. The molecule has 1 amide bonds. The van der Waals surface area contributed by atoms with Gasteiger partial charge in [-0.1, -0.05) is 160 Å². The summed E-state index contributed by atoms with van der Waals surface area (Å²) in [5.74, 6) is -0.712. The van der Waals surface area contributed by atoms with Crippen LogP contribution in [0.3, 0.4) is 0 Å². The van der Waals surface area contributed by atoms with E-state index in [2.05, 4.69) is 37.4 Å². The van der Waals surface area contributed by atoms with Crippen molar-refractivity contribution >= 4 is 5.91 Å². The number of allylic oxidation sites excluding steroid dienone is 4. The Morgan fingerprint density at radius 2 is 1.13 bits per heavy atom. The van der Waals surface area contributed by atoms with Crippen LogP contribution in [-0.4, -0.2) is 110 Å². The quantitative estimate of drug-likeness (QED) is 0.0252. The standard InChI is InChI=1S/C44H83NO10/c1-3-5-7-9-11-13-14-15-16-17-18-19-20-21-22-24-26-28-30-32-37(48)43(53)45-35(34-54-44-42(52)41(51)40(50)38(33-46)55-44)39(49)36(47)31-29-27-25-23-12-10-8-6-4-2/h6,8,23,25,35-42,44,46-52H,3-5,7,9-22,24,26-34H2,1-2H3,(H,45,53)/b8-6+,25-23+. The average molecular weight is 786 g/mol. The lowest BCUT2D eigenvalue weighted by Crippen LogP contribution is -2.60. The van der Waals surface area contributed by atoms with Gasteiger partial charge >= 0.3 is 0 Å². The number of carbonyl (C=O) groups is 1. The maximum Gasteiger partial charge on any atom is 0.249 e. The van der Waals surface area contributed by atoms with Gasteiger partial charge < -0.3 is 50.5 Å². The third kappa shape index (κ3) is 24.9. The molecule has 11 heteroatoms. The van der Waals surface area contributed by atoms with Crippen molar-refractivity contribution in [2.24, 2.45) is 0 Å². The van der Waals surface area contributed by atoms with Crippen molar-refractivity contribution in [2.75, 3.05) is 13.2 Å². The molecule has 0 aromatic carbocycles. The minimum atomic E-state index is -1.67. The lowest BCUT2D eigenvalue weighted by atomic mass is 9.98. The lowest BCUT2D eigenvalue weighted by molar-refractivity contribution is -0.303. The van der Waals surface area contributed by atoms with Gasteiger partial charge in [-0.3, -0.25) is 4.79 Å². The monoisotopic (exact) mass is 786 g/mol. The fraction of sp³-hybridized carbons (Fsp3) is 0.886. The van der Waals surface area contributed by atoms with Crippen LogP contribution in [0.4, 0.5) is 0 Å². The minimum absolute atomic E-state index is 0.246. The molecule has 0 saturated carbocycles. The summed E-state index contributed by atoms with van der Waals surface area (Å²) in [5.41, 5.74) is 0. The van der Waals surface area contributed by atoms with Crippen LogP contribution < -0.4 is 5.32 Å². The summed E-state index contributed by atoms with van der Waals surface area (Å²) in [5, 5.41) is 75.3. The Balaban J connectivity index is 2.41. The van der Waals surface area contributed by atoms with E-state index in [1.807, 2.05) is 6.08 Å². The van der Waals surface area contributed by atoms with Crippen molar-refractivity contribution in [2.45, 2.75) is 236 Å². The Hall–Kier alpha value is -1.41. The van der Waals surface area contributed by atoms with Gasteiger partial charge in [0.1, 0.15) is 36.6 Å². The van der Waals surface area contributed by atoms with E-state index in [4.69, 9.17) is 9.47 Å². The van der Waals surface area contributed by atoms with Crippen LogP contribution in [-0.2, 0) is 14.3 Å². The third-order valence-corrected chi connectivity index (χ3v) is 10.7. The number of aliphatic hydroxyl groups excluding tert-OH is 7. The van der Waals surface area contributed by atoms with E-state index in [9.17, 15) is 40.5 Å². The number of ether oxygens (including phenoxy) is 2. The first-order valence-electron chi connectivity index (χ1n) is 22.2. The normalized spacial score (nSPS) is 22.7. The zero-order chi connectivity index (χ0) is 40.5. The highest BCUT2D eigenvalue weighted by molar-refractivity contribution is 5.80. The second kappa shape index (κ2) is 34.6. The highest BCUT2D eigenvalue weighted by Gasteiger charge is 2.44. The summed E-state index contributed by atoms with van der Waals surface area (Å²) in [4.78, 5) is 13.0. The SMILES string of the molecule is CC/C=C/CC/C=C/CCCC(O)C(O)C(COC1OC(CO)C(O)C(O)C1O)NC(=O)C(O)CCCCCCCCCCCCCCCCCCCCC. The Bertz CT molecular complexity index is 950. The number of hydrogen-bond acceptors (Lipinski definition) is 10. The van der Waals surface area contributed by atoms with E-state index in [1.165, 1.54) is 96.3 Å². The molecule has 0 aromatic rings. The van der Waals surface area contributed by atoms with Gasteiger partial charge in [-0.05, 0) is 44.9 Å². The molecule has 11 nitrogen and oxygen atoms in total. The highest BCUT2D eigenvalue weighted by Crippen LogP contribution is 2.23. The Morgan fingerprint density at radius 1 is 0.636 bits per heavy atom. The van der Waals surface area contributed by atoms with Gasteiger partial charge in [0, 0.05) is 0 Å². The molecule has 0 bridgehead atoms. The Labute approximate surface area is 334 Å². The summed E-state index contributed by atoms with van der Waals surface area (Å²) in [6.45, 7) is 3.28. The Morgan fingerprint density at radius 3 is 1.64 bits per heavy atom. The molecule has 9 unspecified atom stereocenters. The van der Waals surface area contributed by atoms with Crippen LogP contribution in [0.2, 0.25) is 0 Å². The van der Waals surface area contributed by atoms with Gasteiger partial charge in [0.25, 0.3) is 0 Å². The van der Waals surface area contributed by atoms with Gasteiger partial charge in [-0.25, -0.2) is 0 Å². The first kappa shape index (κ1) is 51.6. The molecule has 55 heavy (non-hydrogen) atoms. The third-order valence-electron chi connectivity index (χ3n) is 10.7. The fourth-order valence-corrected chi connectivity index (χ4v) is 7.05. The number of aliphatic hydroxyl groups is 7. The van der Waals surface area contributed by atoms with Crippen molar-refractivity contribution in [3.63, 3.8) is 0 Å². The van der Waals surface area contributed by atoms with E-state index in [0.29, 0.717) is 19.3 Å². The Kier molecular flexibility index (Phi) is 32.5. The molecule has 8 N–H and O–H groups in total. The molecule has 0 aliphatic carbocycles. The largest absolute Gasteiger partial charge is 0.394 e. The summed E-state index contributed by atoms with van der Waals surface area (Å²) in [7, 11) is 0.